The van der Waals surface area contributed by atoms with Crippen LogP contribution in [0.15, 0.2) is 40.7 Å². The lowest BCUT2D eigenvalue weighted by Crippen LogP contribution is -2.60. The first kappa shape index (κ1) is 20.2. The van der Waals surface area contributed by atoms with Crippen molar-refractivity contribution < 1.29 is 4.79 Å². The number of benzene rings is 1. The molecule has 4 atom stereocenters. The Morgan fingerprint density at radius 1 is 1.16 bits per heavy atom. The van der Waals surface area contributed by atoms with Gasteiger partial charge in [0, 0.05) is 32.0 Å². The Balaban J connectivity index is 1.20. The first-order valence-corrected chi connectivity index (χ1v) is 12.4. The summed E-state index contributed by atoms with van der Waals surface area (Å²) in [5.41, 5.74) is 2.09. The topological polar surface area (TPSA) is 69.3 Å². The lowest BCUT2D eigenvalue weighted by molar-refractivity contribution is -0.136. The molecule has 6 nitrogen and oxygen atoms in total. The van der Waals surface area contributed by atoms with E-state index >= 15 is 0 Å². The van der Waals surface area contributed by atoms with E-state index in [1.807, 2.05) is 18.2 Å². The maximum absolute atomic E-state index is 13.4. The molecule has 2 bridgehead atoms. The Morgan fingerprint density at radius 2 is 2.06 bits per heavy atom. The van der Waals surface area contributed by atoms with E-state index in [2.05, 4.69) is 25.8 Å². The molecule has 3 saturated heterocycles. The molecule has 1 aromatic heterocycles. The zero-order chi connectivity index (χ0) is 21.7. The van der Waals surface area contributed by atoms with Gasteiger partial charge in [0.2, 0.25) is 5.91 Å². The summed E-state index contributed by atoms with van der Waals surface area (Å²) in [7, 11) is 0. The number of aromatic nitrogens is 2. The zero-order valence-electron chi connectivity index (χ0n) is 18.6. The minimum atomic E-state index is -0.127. The highest BCUT2D eigenvalue weighted by atomic mass is 16.2. The van der Waals surface area contributed by atoms with Crippen LogP contribution in [-0.4, -0.2) is 57.4 Å². The quantitative estimate of drug-likeness (QED) is 0.756. The van der Waals surface area contributed by atoms with Gasteiger partial charge in [-0.1, -0.05) is 30.2 Å². The van der Waals surface area contributed by atoms with Gasteiger partial charge in [0.1, 0.15) is 5.82 Å². The molecule has 4 aliphatic rings. The molecule has 0 saturated carbocycles. The summed E-state index contributed by atoms with van der Waals surface area (Å²) in [6.45, 7) is 3.22. The second kappa shape index (κ2) is 8.14. The molecule has 32 heavy (non-hydrogen) atoms. The first-order valence-electron chi connectivity index (χ1n) is 12.4. The van der Waals surface area contributed by atoms with Gasteiger partial charge in [0.25, 0.3) is 5.56 Å². The molecular formula is C26H32N4O2. The molecule has 1 amide bonds. The van der Waals surface area contributed by atoms with Gasteiger partial charge in [0.15, 0.2) is 0 Å². The molecule has 4 heterocycles. The summed E-state index contributed by atoms with van der Waals surface area (Å²) in [6, 6.07) is 8.38. The first-order chi connectivity index (χ1) is 15.7. The third-order valence-electron chi connectivity index (χ3n) is 8.22. The normalized spacial score (nSPS) is 29.9. The fraction of sp³-hybridized carbons (Fsp3) is 0.577. The Bertz CT molecular complexity index is 1120. The molecule has 3 aliphatic heterocycles. The number of H-pyrrole nitrogens is 1. The number of carbonyl (C=O) groups is 1. The van der Waals surface area contributed by atoms with E-state index in [9.17, 15) is 9.59 Å². The average Bonchev–Trinajstić information content (AvgIpc) is 2.82. The maximum atomic E-state index is 13.4. The number of aryl methyl sites for hydroxylation is 1. The zero-order valence-corrected chi connectivity index (χ0v) is 18.6. The summed E-state index contributed by atoms with van der Waals surface area (Å²) in [6.07, 6.45) is 10.9. The fourth-order valence-corrected chi connectivity index (χ4v) is 6.88. The molecule has 168 valence electrons. The summed E-state index contributed by atoms with van der Waals surface area (Å²) in [4.78, 5) is 38.1. The molecule has 1 aromatic carbocycles. The van der Waals surface area contributed by atoms with Crippen LogP contribution in [0.25, 0.3) is 10.9 Å². The van der Waals surface area contributed by atoms with Crippen molar-refractivity contribution in [2.24, 2.45) is 11.8 Å². The Labute approximate surface area is 188 Å². The third kappa shape index (κ3) is 3.49. The number of hydrogen-bond donors (Lipinski definition) is 1. The van der Waals surface area contributed by atoms with E-state index in [0.29, 0.717) is 41.4 Å². The number of aromatic amines is 1. The fourth-order valence-electron chi connectivity index (χ4n) is 6.88. The van der Waals surface area contributed by atoms with Crippen molar-refractivity contribution in [3.63, 3.8) is 0 Å². The SMILES string of the molecule is O=C(CCc1nc2ccccc2c(=O)[nH]1)N1CCCC2=C[C@H]3C[C@@H](CN4CCCC[C@H]34)[C@H]21. The van der Waals surface area contributed by atoms with Gasteiger partial charge in [-0.3, -0.25) is 14.5 Å². The van der Waals surface area contributed by atoms with E-state index in [1.54, 1.807) is 6.07 Å². The summed E-state index contributed by atoms with van der Waals surface area (Å²) in [5.74, 6) is 2.06. The van der Waals surface area contributed by atoms with Gasteiger partial charge in [-0.25, -0.2) is 4.98 Å². The number of nitrogens with one attached hydrogen (secondary N) is 1. The number of rotatable bonds is 3. The van der Waals surface area contributed by atoms with Crippen molar-refractivity contribution in [1.29, 1.82) is 0 Å². The lowest BCUT2D eigenvalue weighted by Gasteiger charge is -2.54. The number of hydrogen-bond acceptors (Lipinski definition) is 4. The van der Waals surface area contributed by atoms with Crippen molar-refractivity contribution in [2.45, 2.75) is 63.5 Å². The van der Waals surface area contributed by atoms with E-state index in [4.69, 9.17) is 0 Å². The van der Waals surface area contributed by atoms with E-state index in [0.717, 1.165) is 32.0 Å². The van der Waals surface area contributed by atoms with Crippen LogP contribution >= 0.6 is 0 Å². The van der Waals surface area contributed by atoms with Gasteiger partial charge in [-0.15, -0.1) is 0 Å². The molecule has 1 N–H and O–H groups in total. The molecule has 0 spiro atoms. The van der Waals surface area contributed by atoms with Crippen molar-refractivity contribution in [1.82, 2.24) is 19.8 Å². The van der Waals surface area contributed by atoms with Crippen LogP contribution in [0.1, 0.15) is 50.8 Å². The highest BCUT2D eigenvalue weighted by molar-refractivity contribution is 5.78. The number of carbonyl (C=O) groups excluding carboxylic acids is 1. The number of para-hydroxylation sites is 1. The molecule has 0 radical (unpaired) electrons. The highest BCUT2D eigenvalue weighted by Gasteiger charge is 2.46. The van der Waals surface area contributed by atoms with Crippen molar-refractivity contribution in [3.8, 4) is 0 Å². The van der Waals surface area contributed by atoms with Gasteiger partial charge in [-0.2, -0.15) is 0 Å². The minimum Gasteiger partial charge on any atom is -0.336 e. The number of piperidine rings is 3. The molecule has 6 heteroatoms. The van der Waals surface area contributed by atoms with Gasteiger partial charge >= 0.3 is 0 Å². The minimum absolute atomic E-state index is 0.127. The van der Waals surface area contributed by atoms with E-state index in [-0.39, 0.29) is 17.5 Å². The summed E-state index contributed by atoms with van der Waals surface area (Å²) < 4.78 is 0. The van der Waals surface area contributed by atoms with Crippen LogP contribution in [0.3, 0.4) is 0 Å². The molecule has 1 aliphatic carbocycles. The second-order valence-corrected chi connectivity index (χ2v) is 10.1. The largest absolute Gasteiger partial charge is 0.336 e. The number of fused-ring (bicyclic) bond motifs is 7. The molecule has 0 unspecified atom stereocenters. The summed E-state index contributed by atoms with van der Waals surface area (Å²) in [5, 5.41) is 0.596. The predicted molar refractivity (Wildman–Crippen MR) is 124 cm³/mol. The van der Waals surface area contributed by atoms with E-state index in [1.165, 1.54) is 37.8 Å². The Hall–Kier alpha value is -2.47. The molecule has 2 aromatic rings. The Morgan fingerprint density at radius 3 is 3.00 bits per heavy atom. The molecular weight excluding hydrogens is 400 g/mol. The van der Waals surface area contributed by atoms with Gasteiger partial charge in [-0.05, 0) is 62.6 Å². The molecule has 6 rings (SSSR count). The molecule has 3 fully saturated rings. The number of nitrogens with zero attached hydrogens (tertiary/aromatic N) is 3. The second-order valence-electron chi connectivity index (χ2n) is 10.1. The van der Waals surface area contributed by atoms with Crippen LogP contribution in [0.4, 0.5) is 0 Å². The predicted octanol–water partition coefficient (Wildman–Crippen LogP) is 3.28. The van der Waals surface area contributed by atoms with Gasteiger partial charge < -0.3 is 9.88 Å². The van der Waals surface area contributed by atoms with Crippen LogP contribution in [0.2, 0.25) is 0 Å². The lowest BCUT2D eigenvalue weighted by atomic mass is 9.68. The van der Waals surface area contributed by atoms with Crippen LogP contribution in [0.5, 0.6) is 0 Å². The summed E-state index contributed by atoms with van der Waals surface area (Å²) >= 11 is 0. The smallest absolute Gasteiger partial charge is 0.258 e. The standard InChI is InChI=1S/C26H32N4O2/c31-24(11-10-23-27-21-8-2-1-7-20(21)26(32)28-23)30-13-5-6-17-14-18-15-19(25(17)30)16-29-12-4-3-9-22(18)29/h1-2,7-8,14,18-19,22,25H,3-6,9-13,15-16H2,(H,27,28,32)/t18-,19-,22+,25-/m0/s1. The number of likely N-dealkylation sites (tertiary alicyclic amines) is 1. The average molecular weight is 433 g/mol. The van der Waals surface area contributed by atoms with Crippen LogP contribution < -0.4 is 5.56 Å². The monoisotopic (exact) mass is 432 g/mol. The van der Waals surface area contributed by atoms with Crippen molar-refractivity contribution in [3.05, 3.63) is 52.1 Å². The maximum Gasteiger partial charge on any atom is 0.258 e. The van der Waals surface area contributed by atoms with Crippen molar-refractivity contribution >= 4 is 16.8 Å². The van der Waals surface area contributed by atoms with E-state index < -0.39 is 0 Å². The van der Waals surface area contributed by atoms with Crippen LogP contribution in [0, 0.1) is 11.8 Å². The number of amides is 1. The Kier molecular flexibility index (Phi) is 5.13. The van der Waals surface area contributed by atoms with Gasteiger partial charge in [0.05, 0.1) is 16.9 Å². The van der Waals surface area contributed by atoms with Crippen molar-refractivity contribution in [2.75, 3.05) is 19.6 Å². The van der Waals surface area contributed by atoms with Crippen LogP contribution in [-0.2, 0) is 11.2 Å². The third-order valence-corrected chi connectivity index (χ3v) is 8.22. The highest BCUT2D eigenvalue weighted by Crippen LogP contribution is 2.45.